The Balaban J connectivity index is 1.55. The summed E-state index contributed by atoms with van der Waals surface area (Å²) < 4.78 is 31.2. The van der Waals surface area contributed by atoms with E-state index in [4.69, 9.17) is 14.2 Å². The predicted octanol–water partition coefficient (Wildman–Crippen LogP) is 5.13. The van der Waals surface area contributed by atoms with Crippen LogP contribution in [-0.4, -0.2) is 24.7 Å². The molecule has 0 atom stereocenters. The molecule has 0 saturated carbocycles. The summed E-state index contributed by atoms with van der Waals surface area (Å²) >= 11 is 3.61. The highest BCUT2D eigenvalue weighted by molar-refractivity contribution is 9.10. The van der Waals surface area contributed by atoms with Crippen molar-refractivity contribution < 1.29 is 18.6 Å². The Morgan fingerprint density at radius 2 is 1.80 bits per heavy atom. The average Bonchev–Trinajstić information content (AvgIpc) is 2.76. The molecule has 2 aromatic carbocycles. The van der Waals surface area contributed by atoms with E-state index in [0.717, 1.165) is 15.6 Å². The van der Waals surface area contributed by atoms with Crippen molar-refractivity contribution in [1.29, 1.82) is 0 Å². The highest BCUT2D eigenvalue weighted by Gasteiger charge is 2.11. The van der Waals surface area contributed by atoms with Crippen LogP contribution in [0.25, 0.3) is 0 Å². The first kappa shape index (κ1) is 22.1. The monoisotopic (exact) mass is 474 g/mol. The van der Waals surface area contributed by atoms with Crippen LogP contribution in [0, 0.1) is 5.82 Å². The van der Waals surface area contributed by atoms with Crippen LogP contribution in [0.15, 0.2) is 65.3 Å². The molecule has 0 amide bonds. The summed E-state index contributed by atoms with van der Waals surface area (Å²) in [5.74, 6) is 1.65. The zero-order valence-corrected chi connectivity index (χ0v) is 18.3. The molecule has 0 aliphatic carbocycles. The number of hydrogen-bond acceptors (Lipinski definition) is 5. The summed E-state index contributed by atoms with van der Waals surface area (Å²) in [7, 11) is 0. The molecule has 0 unspecified atom stereocenters. The molecule has 0 fully saturated rings. The summed E-state index contributed by atoms with van der Waals surface area (Å²) in [6.07, 6.45) is 1.70. The molecular weight excluding hydrogens is 451 g/mol. The second kappa shape index (κ2) is 11.5. The largest absolute Gasteiger partial charge is 0.490 e. The number of nitrogens with zero attached hydrogens (tertiary/aromatic N) is 1. The number of benzene rings is 2. The number of hydrogen-bond donors (Lipinski definition) is 1. The number of aromatic nitrogens is 1. The lowest BCUT2D eigenvalue weighted by Crippen LogP contribution is -2.21. The number of pyridine rings is 1. The van der Waals surface area contributed by atoms with Crippen LogP contribution in [-0.2, 0) is 13.2 Å². The molecule has 0 bridgehead atoms. The molecule has 1 heterocycles. The molecule has 0 radical (unpaired) electrons. The van der Waals surface area contributed by atoms with Gasteiger partial charge in [-0.05, 0) is 48.4 Å². The van der Waals surface area contributed by atoms with Gasteiger partial charge >= 0.3 is 0 Å². The summed E-state index contributed by atoms with van der Waals surface area (Å²) in [6.45, 7) is 4.62. The highest BCUT2D eigenvalue weighted by atomic mass is 79.9. The first-order chi connectivity index (χ1) is 14.7. The number of halogens is 2. The van der Waals surface area contributed by atoms with Crippen LogP contribution in [0.2, 0.25) is 0 Å². The fraction of sp³-hybridized carbons (Fsp3) is 0.261. The number of nitrogens with one attached hydrogen (secondary N) is 1. The van der Waals surface area contributed by atoms with Crippen LogP contribution in [0.4, 0.5) is 4.39 Å². The van der Waals surface area contributed by atoms with E-state index in [0.29, 0.717) is 50.3 Å². The van der Waals surface area contributed by atoms with Crippen molar-refractivity contribution in [1.82, 2.24) is 10.3 Å². The first-order valence-electron chi connectivity index (χ1n) is 9.72. The lowest BCUT2D eigenvalue weighted by atomic mass is 10.2. The zero-order valence-electron chi connectivity index (χ0n) is 16.7. The van der Waals surface area contributed by atoms with Gasteiger partial charge in [-0.2, -0.15) is 0 Å². The van der Waals surface area contributed by atoms with Gasteiger partial charge in [-0.1, -0.05) is 34.1 Å². The number of rotatable bonds is 11. The van der Waals surface area contributed by atoms with Crippen molar-refractivity contribution in [3.8, 4) is 17.4 Å². The lowest BCUT2D eigenvalue weighted by Gasteiger charge is -2.15. The molecule has 0 aliphatic heterocycles. The van der Waals surface area contributed by atoms with Crippen molar-refractivity contribution in [3.63, 3.8) is 0 Å². The Morgan fingerprint density at radius 3 is 2.53 bits per heavy atom. The molecule has 0 spiro atoms. The maximum Gasteiger partial charge on any atom is 0.213 e. The Hall–Kier alpha value is -2.64. The third kappa shape index (κ3) is 6.71. The van der Waals surface area contributed by atoms with E-state index in [1.165, 1.54) is 12.1 Å². The van der Waals surface area contributed by atoms with E-state index in [9.17, 15) is 4.39 Å². The molecule has 30 heavy (non-hydrogen) atoms. The quantitative estimate of drug-likeness (QED) is 0.390. The van der Waals surface area contributed by atoms with E-state index in [1.54, 1.807) is 18.3 Å². The van der Waals surface area contributed by atoms with Gasteiger partial charge in [0.2, 0.25) is 5.88 Å². The average molecular weight is 475 g/mol. The molecule has 0 aliphatic rings. The molecule has 5 nitrogen and oxygen atoms in total. The van der Waals surface area contributed by atoms with Crippen LogP contribution < -0.4 is 19.5 Å². The standard InChI is InChI=1S/C23H24BrFN2O3/c1-2-28-21-13-18(15-26-11-12-29-23-5-3-4-10-27-23)20(24)14-22(21)30-16-17-6-8-19(25)9-7-17/h3-10,13-14,26H,2,11-12,15-16H2,1H3. The summed E-state index contributed by atoms with van der Waals surface area (Å²) in [5.41, 5.74) is 1.93. The molecule has 3 aromatic rings. The third-order valence-electron chi connectivity index (χ3n) is 4.20. The molecule has 1 aromatic heterocycles. The van der Waals surface area contributed by atoms with E-state index in [1.807, 2.05) is 37.3 Å². The Bertz CT molecular complexity index is 924. The van der Waals surface area contributed by atoms with Gasteiger partial charge in [0.05, 0.1) is 6.61 Å². The van der Waals surface area contributed by atoms with Crippen molar-refractivity contribution in [2.45, 2.75) is 20.1 Å². The van der Waals surface area contributed by atoms with Gasteiger partial charge in [0, 0.05) is 29.8 Å². The summed E-state index contributed by atoms with van der Waals surface area (Å²) in [4.78, 5) is 4.13. The van der Waals surface area contributed by atoms with E-state index >= 15 is 0 Å². The Morgan fingerprint density at radius 1 is 1.00 bits per heavy atom. The highest BCUT2D eigenvalue weighted by Crippen LogP contribution is 2.34. The van der Waals surface area contributed by atoms with Crippen LogP contribution >= 0.6 is 15.9 Å². The van der Waals surface area contributed by atoms with E-state index in [2.05, 4.69) is 26.2 Å². The smallest absolute Gasteiger partial charge is 0.213 e. The Labute approximate surface area is 184 Å². The number of ether oxygens (including phenoxy) is 3. The zero-order chi connectivity index (χ0) is 21.2. The predicted molar refractivity (Wildman–Crippen MR) is 117 cm³/mol. The van der Waals surface area contributed by atoms with Gasteiger partial charge < -0.3 is 19.5 Å². The van der Waals surface area contributed by atoms with Crippen molar-refractivity contribution in [2.75, 3.05) is 19.8 Å². The maximum atomic E-state index is 13.1. The molecule has 7 heteroatoms. The molecule has 158 valence electrons. The SMILES string of the molecule is CCOc1cc(CNCCOc2ccccn2)c(Br)cc1OCc1ccc(F)cc1. The molecular formula is C23H24BrFN2O3. The van der Waals surface area contributed by atoms with Crippen molar-refractivity contribution >= 4 is 15.9 Å². The molecule has 0 saturated heterocycles. The van der Waals surface area contributed by atoms with Crippen LogP contribution in [0.5, 0.6) is 17.4 Å². The van der Waals surface area contributed by atoms with Gasteiger partial charge in [-0.15, -0.1) is 0 Å². The fourth-order valence-electron chi connectivity index (χ4n) is 2.72. The van der Waals surface area contributed by atoms with Crippen molar-refractivity contribution in [3.05, 3.63) is 82.2 Å². The second-order valence-electron chi connectivity index (χ2n) is 6.43. The summed E-state index contributed by atoms with van der Waals surface area (Å²) in [5, 5.41) is 3.35. The van der Waals surface area contributed by atoms with Gasteiger partial charge in [0.25, 0.3) is 0 Å². The molecule has 1 N–H and O–H groups in total. The second-order valence-corrected chi connectivity index (χ2v) is 7.29. The van der Waals surface area contributed by atoms with Gasteiger partial charge in [0.15, 0.2) is 11.5 Å². The van der Waals surface area contributed by atoms with Crippen LogP contribution in [0.1, 0.15) is 18.1 Å². The topological polar surface area (TPSA) is 52.6 Å². The Kier molecular flexibility index (Phi) is 8.47. The van der Waals surface area contributed by atoms with E-state index < -0.39 is 0 Å². The lowest BCUT2D eigenvalue weighted by molar-refractivity contribution is 0.268. The fourth-order valence-corrected chi connectivity index (χ4v) is 3.18. The summed E-state index contributed by atoms with van der Waals surface area (Å²) in [6, 6.07) is 15.7. The minimum atomic E-state index is -0.265. The minimum Gasteiger partial charge on any atom is -0.490 e. The van der Waals surface area contributed by atoms with E-state index in [-0.39, 0.29) is 5.82 Å². The van der Waals surface area contributed by atoms with Gasteiger partial charge in [0.1, 0.15) is 19.0 Å². The van der Waals surface area contributed by atoms with Crippen molar-refractivity contribution in [2.24, 2.45) is 0 Å². The van der Waals surface area contributed by atoms with Gasteiger partial charge in [-0.3, -0.25) is 0 Å². The van der Waals surface area contributed by atoms with Gasteiger partial charge in [-0.25, -0.2) is 9.37 Å². The maximum absolute atomic E-state index is 13.1. The van der Waals surface area contributed by atoms with Crippen LogP contribution in [0.3, 0.4) is 0 Å². The third-order valence-corrected chi connectivity index (χ3v) is 4.94. The first-order valence-corrected chi connectivity index (χ1v) is 10.5. The molecule has 3 rings (SSSR count). The normalized spacial score (nSPS) is 10.6. The minimum absolute atomic E-state index is 0.265.